The molecule has 0 saturated heterocycles. The fourth-order valence-corrected chi connectivity index (χ4v) is 2.91. The molecule has 4 heteroatoms. The first-order valence-electron chi connectivity index (χ1n) is 6.36. The van der Waals surface area contributed by atoms with Crippen molar-refractivity contribution in [1.29, 1.82) is 0 Å². The third-order valence-electron chi connectivity index (χ3n) is 4.03. The van der Waals surface area contributed by atoms with E-state index in [0.29, 0.717) is 6.54 Å². The van der Waals surface area contributed by atoms with Gasteiger partial charge in [0.05, 0.1) is 11.5 Å². The van der Waals surface area contributed by atoms with Crippen LogP contribution in [-0.4, -0.2) is 29.2 Å². The number of nitrogens with two attached hydrogens (primary N) is 1. The smallest absolute Gasteiger partial charge is 0.224 e. The van der Waals surface area contributed by atoms with Crippen LogP contribution in [0.1, 0.15) is 44.9 Å². The van der Waals surface area contributed by atoms with Crippen molar-refractivity contribution < 1.29 is 9.90 Å². The van der Waals surface area contributed by atoms with Crippen LogP contribution in [0.5, 0.6) is 0 Å². The highest BCUT2D eigenvalue weighted by Gasteiger charge is 2.34. The molecule has 2 atom stereocenters. The zero-order valence-corrected chi connectivity index (χ0v) is 9.74. The van der Waals surface area contributed by atoms with Gasteiger partial charge in [0.2, 0.25) is 5.91 Å². The van der Waals surface area contributed by atoms with Gasteiger partial charge in [-0.15, -0.1) is 0 Å². The molecule has 2 rings (SSSR count). The summed E-state index contributed by atoms with van der Waals surface area (Å²) in [5.41, 5.74) is 5.22. The number of hydrogen-bond acceptors (Lipinski definition) is 3. The van der Waals surface area contributed by atoms with E-state index in [4.69, 9.17) is 5.73 Å². The molecule has 92 valence electrons. The molecule has 0 aliphatic heterocycles. The molecule has 2 unspecified atom stereocenters. The number of rotatable bonds is 3. The van der Waals surface area contributed by atoms with Crippen molar-refractivity contribution in [3.8, 4) is 0 Å². The second-order valence-corrected chi connectivity index (χ2v) is 5.35. The van der Waals surface area contributed by atoms with Gasteiger partial charge in [-0.1, -0.05) is 19.3 Å². The van der Waals surface area contributed by atoms with Crippen LogP contribution in [0.4, 0.5) is 0 Å². The van der Waals surface area contributed by atoms with E-state index >= 15 is 0 Å². The van der Waals surface area contributed by atoms with Crippen LogP contribution in [0.15, 0.2) is 0 Å². The second kappa shape index (κ2) is 4.72. The number of nitrogens with one attached hydrogen (secondary N) is 1. The molecule has 4 nitrogen and oxygen atoms in total. The molecule has 2 saturated carbocycles. The molecule has 2 aliphatic rings. The van der Waals surface area contributed by atoms with Crippen LogP contribution >= 0.6 is 0 Å². The Hall–Kier alpha value is -0.610. The van der Waals surface area contributed by atoms with Crippen LogP contribution in [0.3, 0.4) is 0 Å². The fourth-order valence-electron chi connectivity index (χ4n) is 2.91. The molecule has 4 N–H and O–H groups in total. The predicted octanol–water partition coefficient (Wildman–Crippen LogP) is 0.535. The third kappa shape index (κ3) is 2.55. The maximum absolute atomic E-state index is 11.9. The van der Waals surface area contributed by atoms with Gasteiger partial charge in [-0.25, -0.2) is 0 Å². The molecule has 0 aromatic carbocycles. The van der Waals surface area contributed by atoms with Gasteiger partial charge in [0.1, 0.15) is 0 Å². The zero-order chi connectivity index (χ0) is 11.6. The Balaban J connectivity index is 1.79. The van der Waals surface area contributed by atoms with Gasteiger partial charge in [-0.2, -0.15) is 0 Å². The lowest BCUT2D eigenvalue weighted by molar-refractivity contribution is -0.126. The summed E-state index contributed by atoms with van der Waals surface area (Å²) in [6.45, 7) is 0.398. The van der Waals surface area contributed by atoms with E-state index in [1.54, 1.807) is 0 Å². The lowest BCUT2D eigenvalue weighted by Crippen LogP contribution is -2.45. The monoisotopic (exact) mass is 226 g/mol. The van der Waals surface area contributed by atoms with E-state index in [2.05, 4.69) is 5.32 Å². The molecule has 0 radical (unpaired) electrons. The number of aliphatic hydroxyl groups is 1. The van der Waals surface area contributed by atoms with E-state index in [1.807, 2.05) is 0 Å². The largest absolute Gasteiger partial charge is 0.388 e. The summed E-state index contributed by atoms with van der Waals surface area (Å²) in [4.78, 5) is 11.9. The Morgan fingerprint density at radius 2 is 2.00 bits per heavy atom. The van der Waals surface area contributed by atoms with Crippen LogP contribution in [0, 0.1) is 5.92 Å². The van der Waals surface area contributed by atoms with Gasteiger partial charge in [0.15, 0.2) is 0 Å². The summed E-state index contributed by atoms with van der Waals surface area (Å²) in [7, 11) is 0. The van der Waals surface area contributed by atoms with Gasteiger partial charge in [-0.05, 0) is 25.7 Å². The van der Waals surface area contributed by atoms with E-state index in [-0.39, 0.29) is 17.9 Å². The molecule has 2 fully saturated rings. The molecule has 0 aromatic heterocycles. The van der Waals surface area contributed by atoms with E-state index in [1.165, 1.54) is 0 Å². The SMILES string of the molecule is NC1CCCC1C(=O)NCC1(O)CCCC1. The first kappa shape index (κ1) is 11.9. The normalized spacial score (nSPS) is 32.9. The highest BCUT2D eigenvalue weighted by molar-refractivity contribution is 5.79. The number of carbonyl (C=O) groups excluding carboxylic acids is 1. The molecule has 0 heterocycles. The quantitative estimate of drug-likeness (QED) is 0.657. The first-order valence-corrected chi connectivity index (χ1v) is 6.36. The molecule has 0 aromatic rings. The average molecular weight is 226 g/mol. The highest BCUT2D eigenvalue weighted by atomic mass is 16.3. The lowest BCUT2D eigenvalue weighted by atomic mass is 10.0. The fraction of sp³-hybridized carbons (Fsp3) is 0.917. The number of amides is 1. The Morgan fingerprint density at radius 1 is 1.31 bits per heavy atom. The Bertz CT molecular complexity index is 262. The second-order valence-electron chi connectivity index (χ2n) is 5.35. The van der Waals surface area contributed by atoms with Crippen LogP contribution < -0.4 is 11.1 Å². The van der Waals surface area contributed by atoms with Crippen LogP contribution in [0.25, 0.3) is 0 Å². The molecule has 0 spiro atoms. The Morgan fingerprint density at radius 3 is 2.56 bits per heavy atom. The summed E-state index contributed by atoms with van der Waals surface area (Å²) in [5.74, 6) is -0.00433. The summed E-state index contributed by atoms with van der Waals surface area (Å²) < 4.78 is 0. The van der Waals surface area contributed by atoms with Gasteiger partial charge in [-0.3, -0.25) is 4.79 Å². The van der Waals surface area contributed by atoms with Crippen molar-refractivity contribution >= 4 is 5.91 Å². The van der Waals surface area contributed by atoms with Crippen molar-refractivity contribution in [3.05, 3.63) is 0 Å². The average Bonchev–Trinajstić information content (AvgIpc) is 2.85. The van der Waals surface area contributed by atoms with Crippen molar-refractivity contribution in [1.82, 2.24) is 5.32 Å². The minimum Gasteiger partial charge on any atom is -0.388 e. The van der Waals surface area contributed by atoms with Gasteiger partial charge in [0, 0.05) is 12.6 Å². The van der Waals surface area contributed by atoms with Crippen molar-refractivity contribution in [2.45, 2.75) is 56.6 Å². The maximum atomic E-state index is 11.9. The minimum absolute atomic E-state index is 0.0122. The topological polar surface area (TPSA) is 75.4 Å². The zero-order valence-electron chi connectivity index (χ0n) is 9.74. The lowest BCUT2D eigenvalue weighted by Gasteiger charge is -2.24. The summed E-state index contributed by atoms with van der Waals surface area (Å²) in [6.07, 6.45) is 6.63. The summed E-state index contributed by atoms with van der Waals surface area (Å²) in [6, 6.07) is 0.0122. The maximum Gasteiger partial charge on any atom is 0.224 e. The minimum atomic E-state index is -0.654. The van der Waals surface area contributed by atoms with Crippen molar-refractivity contribution in [2.24, 2.45) is 11.7 Å². The standard InChI is InChI=1S/C12H22N2O2/c13-10-5-3-4-9(10)11(15)14-8-12(16)6-1-2-7-12/h9-10,16H,1-8,13H2,(H,14,15). The number of carbonyl (C=O) groups is 1. The highest BCUT2D eigenvalue weighted by Crippen LogP contribution is 2.29. The van der Waals surface area contributed by atoms with Crippen LogP contribution in [0.2, 0.25) is 0 Å². The predicted molar refractivity (Wildman–Crippen MR) is 61.7 cm³/mol. The van der Waals surface area contributed by atoms with E-state index < -0.39 is 5.60 Å². The third-order valence-corrected chi connectivity index (χ3v) is 4.03. The molecular weight excluding hydrogens is 204 g/mol. The number of hydrogen-bond donors (Lipinski definition) is 3. The molecular formula is C12H22N2O2. The van der Waals surface area contributed by atoms with Gasteiger partial charge < -0.3 is 16.2 Å². The summed E-state index contributed by atoms with van der Waals surface area (Å²) in [5, 5.41) is 13.0. The Labute approximate surface area is 96.6 Å². The van der Waals surface area contributed by atoms with Crippen molar-refractivity contribution in [2.75, 3.05) is 6.54 Å². The molecule has 16 heavy (non-hydrogen) atoms. The van der Waals surface area contributed by atoms with E-state index in [0.717, 1.165) is 44.9 Å². The molecule has 0 bridgehead atoms. The summed E-state index contributed by atoms with van der Waals surface area (Å²) >= 11 is 0. The molecule has 1 amide bonds. The van der Waals surface area contributed by atoms with Crippen molar-refractivity contribution in [3.63, 3.8) is 0 Å². The van der Waals surface area contributed by atoms with Gasteiger partial charge in [0.25, 0.3) is 0 Å². The Kier molecular flexibility index (Phi) is 3.50. The molecule has 2 aliphatic carbocycles. The first-order chi connectivity index (χ1) is 7.61. The van der Waals surface area contributed by atoms with E-state index in [9.17, 15) is 9.90 Å². The van der Waals surface area contributed by atoms with Gasteiger partial charge >= 0.3 is 0 Å². The van der Waals surface area contributed by atoms with Crippen LogP contribution in [-0.2, 0) is 4.79 Å².